The summed E-state index contributed by atoms with van der Waals surface area (Å²) in [5, 5.41) is 9.75. The van der Waals surface area contributed by atoms with Crippen molar-refractivity contribution < 1.29 is 19.0 Å². The Bertz CT molecular complexity index is 1070. The van der Waals surface area contributed by atoms with E-state index in [-0.39, 0.29) is 17.1 Å². The van der Waals surface area contributed by atoms with Crippen LogP contribution in [0.2, 0.25) is 0 Å². The lowest BCUT2D eigenvalue weighted by atomic mass is 10.00. The van der Waals surface area contributed by atoms with Crippen molar-refractivity contribution in [2.45, 2.75) is 35.5 Å². The lowest BCUT2D eigenvalue weighted by Crippen LogP contribution is -2.33. The molecule has 1 saturated heterocycles. The monoisotopic (exact) mass is 465 g/mol. The first-order valence-electron chi connectivity index (χ1n) is 11.5. The van der Waals surface area contributed by atoms with Gasteiger partial charge in [-0.1, -0.05) is 48.9 Å². The van der Waals surface area contributed by atoms with Crippen LogP contribution in [0.4, 0.5) is 4.39 Å². The fourth-order valence-electron chi connectivity index (χ4n) is 4.50. The minimum Gasteiger partial charge on any atom is -0.508 e. The molecular weight excluding hydrogens is 437 g/mol. The molecule has 0 aliphatic carbocycles. The van der Waals surface area contributed by atoms with Crippen LogP contribution < -0.4 is 9.47 Å². The van der Waals surface area contributed by atoms with Gasteiger partial charge in [0.1, 0.15) is 35.8 Å². The third-order valence-electron chi connectivity index (χ3n) is 6.23. The number of halogens is 1. The molecule has 0 spiro atoms. The van der Waals surface area contributed by atoms with Crippen LogP contribution in [0.15, 0.2) is 71.6 Å². The second-order valence-corrected chi connectivity index (χ2v) is 9.71. The number of fused-ring (bicyclic) bond motifs is 1. The maximum Gasteiger partial charge on any atom is 0.144 e. The van der Waals surface area contributed by atoms with Gasteiger partial charge in [0, 0.05) is 18.7 Å². The Balaban J connectivity index is 1.34. The third kappa shape index (κ3) is 5.12. The van der Waals surface area contributed by atoms with Gasteiger partial charge in [-0.25, -0.2) is 4.39 Å². The molecule has 0 bridgehead atoms. The molecule has 2 heterocycles. The van der Waals surface area contributed by atoms with E-state index in [1.54, 1.807) is 0 Å². The van der Waals surface area contributed by atoms with Crippen LogP contribution in [0.25, 0.3) is 0 Å². The molecule has 172 valence electrons. The van der Waals surface area contributed by atoms with E-state index in [1.165, 1.54) is 37.1 Å². The Kier molecular flexibility index (Phi) is 6.74. The lowest BCUT2D eigenvalue weighted by Gasteiger charge is -2.34. The molecule has 6 heteroatoms. The second kappa shape index (κ2) is 10.1. The highest BCUT2D eigenvalue weighted by atomic mass is 32.2. The van der Waals surface area contributed by atoms with Gasteiger partial charge in [0.2, 0.25) is 0 Å². The molecular formula is C27H28FNO3S. The normalized spacial score (nSPS) is 20.6. The number of phenolic OH excluding ortho intramolecular Hbond substituents is 1. The van der Waals surface area contributed by atoms with Crippen molar-refractivity contribution in [2.24, 2.45) is 0 Å². The predicted molar refractivity (Wildman–Crippen MR) is 129 cm³/mol. The lowest BCUT2D eigenvalue weighted by molar-refractivity contribution is 0.182. The van der Waals surface area contributed by atoms with Crippen LogP contribution >= 0.6 is 11.8 Å². The number of benzene rings is 3. The molecule has 3 aromatic carbocycles. The Morgan fingerprint density at radius 3 is 2.48 bits per heavy atom. The van der Waals surface area contributed by atoms with Gasteiger partial charge in [0.05, 0.1) is 10.1 Å². The third-order valence-corrected chi connectivity index (χ3v) is 7.63. The highest BCUT2D eigenvalue weighted by Gasteiger charge is 2.35. The summed E-state index contributed by atoms with van der Waals surface area (Å²) in [6.45, 7) is 3.95. The summed E-state index contributed by atoms with van der Waals surface area (Å²) in [5.41, 5.74) is 2.04. The van der Waals surface area contributed by atoms with Crippen LogP contribution in [0.3, 0.4) is 0 Å². The Morgan fingerprint density at radius 1 is 0.970 bits per heavy atom. The summed E-state index contributed by atoms with van der Waals surface area (Å²) in [5.74, 6) is 0.601. The van der Waals surface area contributed by atoms with E-state index in [9.17, 15) is 9.50 Å². The summed E-state index contributed by atoms with van der Waals surface area (Å²) in [6, 6.07) is 20.6. The van der Waals surface area contributed by atoms with Gasteiger partial charge in [0.25, 0.3) is 0 Å². The van der Waals surface area contributed by atoms with Crippen LogP contribution in [0, 0.1) is 5.82 Å². The summed E-state index contributed by atoms with van der Waals surface area (Å²) in [6.07, 6.45) is 3.57. The predicted octanol–water partition coefficient (Wildman–Crippen LogP) is 6.36. The van der Waals surface area contributed by atoms with Gasteiger partial charge < -0.3 is 14.6 Å². The molecule has 4 nitrogen and oxygen atoms in total. The number of likely N-dealkylation sites (tertiary alicyclic amines) is 1. The van der Waals surface area contributed by atoms with E-state index < -0.39 is 5.82 Å². The van der Waals surface area contributed by atoms with Crippen molar-refractivity contribution >= 4 is 11.8 Å². The van der Waals surface area contributed by atoms with Gasteiger partial charge in [-0.05, 0) is 49.2 Å². The molecule has 1 fully saturated rings. The van der Waals surface area contributed by atoms with E-state index in [1.807, 2.05) is 54.6 Å². The van der Waals surface area contributed by atoms with Gasteiger partial charge in [-0.15, -0.1) is 11.8 Å². The quantitative estimate of drug-likeness (QED) is 0.459. The van der Waals surface area contributed by atoms with Gasteiger partial charge >= 0.3 is 0 Å². The molecule has 0 radical (unpaired) electrons. The Labute approximate surface area is 198 Å². The van der Waals surface area contributed by atoms with Crippen LogP contribution in [-0.2, 0) is 0 Å². The van der Waals surface area contributed by atoms with Gasteiger partial charge in [0.15, 0.2) is 0 Å². The van der Waals surface area contributed by atoms with E-state index in [0.717, 1.165) is 42.6 Å². The molecule has 2 aliphatic rings. The van der Waals surface area contributed by atoms with Crippen molar-refractivity contribution in [3.05, 3.63) is 83.7 Å². The largest absolute Gasteiger partial charge is 0.508 e. The zero-order valence-corrected chi connectivity index (χ0v) is 19.3. The molecule has 0 amide bonds. The zero-order valence-electron chi connectivity index (χ0n) is 18.5. The van der Waals surface area contributed by atoms with E-state index in [0.29, 0.717) is 17.3 Å². The number of aromatic hydroxyl groups is 1. The van der Waals surface area contributed by atoms with Crippen LogP contribution in [-0.4, -0.2) is 36.2 Å². The first kappa shape index (κ1) is 22.1. The summed E-state index contributed by atoms with van der Waals surface area (Å²) < 4.78 is 26.8. The Morgan fingerprint density at radius 2 is 1.73 bits per heavy atom. The standard InChI is InChI=1S/C27H28FNO3S/c28-23-17-21(30)18-24-27(23)33-26(20-7-3-1-4-8-20)25(32-24)19-9-11-22(12-10-19)31-16-15-29-13-5-2-6-14-29/h1,3-4,7-12,17-18,25-26,30H,2,5-6,13-16H2. The number of phenols is 1. The van der Waals surface area contributed by atoms with Gasteiger partial charge in [-0.3, -0.25) is 4.90 Å². The number of hydrogen-bond acceptors (Lipinski definition) is 5. The summed E-state index contributed by atoms with van der Waals surface area (Å²) >= 11 is 1.43. The number of hydrogen-bond donors (Lipinski definition) is 1. The maximum atomic E-state index is 14.6. The average Bonchev–Trinajstić information content (AvgIpc) is 2.85. The highest BCUT2D eigenvalue weighted by Crippen LogP contribution is 2.54. The topological polar surface area (TPSA) is 41.9 Å². The molecule has 0 aromatic heterocycles. The molecule has 2 aliphatic heterocycles. The fourth-order valence-corrected chi connectivity index (χ4v) is 5.78. The first-order chi connectivity index (χ1) is 16.2. The van der Waals surface area contributed by atoms with Crippen molar-refractivity contribution in [1.82, 2.24) is 4.90 Å². The summed E-state index contributed by atoms with van der Waals surface area (Å²) in [7, 11) is 0. The molecule has 0 saturated carbocycles. The minimum atomic E-state index is -0.466. The number of thioether (sulfide) groups is 1. The smallest absolute Gasteiger partial charge is 0.144 e. The average molecular weight is 466 g/mol. The molecule has 5 rings (SSSR count). The van der Waals surface area contributed by atoms with Crippen molar-refractivity contribution in [2.75, 3.05) is 26.2 Å². The number of rotatable bonds is 6. The minimum absolute atomic E-state index is 0.122. The van der Waals surface area contributed by atoms with E-state index >= 15 is 0 Å². The number of piperidine rings is 1. The molecule has 1 N–H and O–H groups in total. The second-order valence-electron chi connectivity index (χ2n) is 8.56. The van der Waals surface area contributed by atoms with Crippen molar-refractivity contribution in [3.63, 3.8) is 0 Å². The molecule has 33 heavy (non-hydrogen) atoms. The Hall–Kier alpha value is -2.70. The van der Waals surface area contributed by atoms with Gasteiger partial charge in [-0.2, -0.15) is 0 Å². The van der Waals surface area contributed by atoms with Crippen LogP contribution in [0.1, 0.15) is 41.7 Å². The number of ether oxygens (including phenoxy) is 2. The van der Waals surface area contributed by atoms with E-state index in [4.69, 9.17) is 9.47 Å². The van der Waals surface area contributed by atoms with Crippen molar-refractivity contribution in [1.29, 1.82) is 0 Å². The fraction of sp³-hybridized carbons (Fsp3) is 0.333. The highest BCUT2D eigenvalue weighted by molar-refractivity contribution is 7.99. The molecule has 3 aromatic rings. The van der Waals surface area contributed by atoms with E-state index in [2.05, 4.69) is 4.90 Å². The first-order valence-corrected chi connectivity index (χ1v) is 12.4. The van der Waals surface area contributed by atoms with Crippen molar-refractivity contribution in [3.8, 4) is 17.2 Å². The van der Waals surface area contributed by atoms with Crippen LogP contribution in [0.5, 0.6) is 17.2 Å². The maximum absolute atomic E-state index is 14.6. The summed E-state index contributed by atoms with van der Waals surface area (Å²) in [4.78, 5) is 2.89. The molecule has 2 unspecified atom stereocenters. The zero-order chi connectivity index (χ0) is 22.6. The number of nitrogens with zero attached hydrogens (tertiary/aromatic N) is 1. The molecule has 2 atom stereocenters. The SMILES string of the molecule is Oc1cc(F)c2c(c1)OC(c1ccc(OCCN3CCCCC3)cc1)C(c1ccccc1)S2.